The van der Waals surface area contributed by atoms with Gasteiger partial charge in [0.25, 0.3) is 5.56 Å². The van der Waals surface area contributed by atoms with Crippen molar-refractivity contribution >= 4 is 39.7 Å². The van der Waals surface area contributed by atoms with Crippen LogP contribution in [0, 0.1) is 4.77 Å². The van der Waals surface area contributed by atoms with Crippen molar-refractivity contribution in [2.24, 2.45) is 0 Å². The number of likely N-dealkylation sites (N-methyl/N-ethyl adjacent to an activating group) is 1. The van der Waals surface area contributed by atoms with E-state index in [2.05, 4.69) is 16.9 Å². The second-order valence-electron chi connectivity index (χ2n) is 5.32. The lowest BCUT2D eigenvalue weighted by Gasteiger charge is -2.21. The SMILES string of the molecule is CCOC(=O)Cn1c(=S)[nH]c2sc3c(c2c1=O)CCN(C)C3. The van der Waals surface area contributed by atoms with Gasteiger partial charge in [-0.2, -0.15) is 0 Å². The molecule has 6 nitrogen and oxygen atoms in total. The van der Waals surface area contributed by atoms with Crippen molar-refractivity contribution in [3.63, 3.8) is 0 Å². The van der Waals surface area contributed by atoms with E-state index in [4.69, 9.17) is 17.0 Å². The molecule has 0 amide bonds. The van der Waals surface area contributed by atoms with E-state index in [0.717, 1.165) is 29.9 Å². The number of hydrogen-bond donors (Lipinski definition) is 1. The van der Waals surface area contributed by atoms with Gasteiger partial charge in [0.15, 0.2) is 4.77 Å². The van der Waals surface area contributed by atoms with Gasteiger partial charge in [-0.3, -0.25) is 14.2 Å². The van der Waals surface area contributed by atoms with Gasteiger partial charge in [-0.1, -0.05) is 0 Å². The second kappa shape index (κ2) is 5.94. The summed E-state index contributed by atoms with van der Waals surface area (Å²) in [4.78, 5) is 31.8. The quantitative estimate of drug-likeness (QED) is 0.681. The number of ether oxygens (including phenoxy) is 1. The number of esters is 1. The molecule has 0 spiro atoms. The average molecular weight is 339 g/mol. The Balaban J connectivity index is 2.14. The zero-order chi connectivity index (χ0) is 15.9. The van der Waals surface area contributed by atoms with E-state index in [0.29, 0.717) is 5.39 Å². The summed E-state index contributed by atoms with van der Waals surface area (Å²) in [7, 11) is 2.06. The van der Waals surface area contributed by atoms with Crippen molar-refractivity contribution in [2.75, 3.05) is 20.2 Å². The average Bonchev–Trinajstić information content (AvgIpc) is 2.80. The minimum Gasteiger partial charge on any atom is -0.465 e. The van der Waals surface area contributed by atoms with Crippen LogP contribution < -0.4 is 5.56 Å². The van der Waals surface area contributed by atoms with Gasteiger partial charge in [-0.15, -0.1) is 11.3 Å². The predicted molar refractivity (Wildman–Crippen MR) is 87.9 cm³/mol. The van der Waals surface area contributed by atoms with Gasteiger partial charge in [-0.05, 0) is 38.2 Å². The third-order valence-corrected chi connectivity index (χ3v) is 5.22. The highest BCUT2D eigenvalue weighted by Gasteiger charge is 2.22. The van der Waals surface area contributed by atoms with Crippen molar-refractivity contribution in [2.45, 2.75) is 26.4 Å². The smallest absolute Gasteiger partial charge is 0.326 e. The van der Waals surface area contributed by atoms with Crippen molar-refractivity contribution in [3.05, 3.63) is 25.6 Å². The molecule has 0 atom stereocenters. The Kier molecular flexibility index (Phi) is 4.16. The number of nitrogens with one attached hydrogen (secondary N) is 1. The number of carbonyl (C=O) groups is 1. The number of H-pyrrole nitrogens is 1. The number of rotatable bonds is 3. The van der Waals surface area contributed by atoms with Gasteiger partial charge in [0.1, 0.15) is 11.4 Å². The van der Waals surface area contributed by atoms with Crippen LogP contribution >= 0.6 is 23.6 Å². The van der Waals surface area contributed by atoms with Crippen molar-refractivity contribution in [1.82, 2.24) is 14.5 Å². The molecule has 1 aliphatic heterocycles. The Morgan fingerprint density at radius 3 is 3.00 bits per heavy atom. The minimum atomic E-state index is -0.452. The van der Waals surface area contributed by atoms with Gasteiger partial charge in [0.05, 0.1) is 12.0 Å². The molecule has 3 heterocycles. The van der Waals surface area contributed by atoms with Gasteiger partial charge < -0.3 is 14.6 Å². The molecule has 0 saturated heterocycles. The van der Waals surface area contributed by atoms with E-state index < -0.39 is 5.97 Å². The molecule has 118 valence electrons. The van der Waals surface area contributed by atoms with E-state index in [1.165, 1.54) is 9.44 Å². The summed E-state index contributed by atoms with van der Waals surface area (Å²) in [5, 5.41) is 0.672. The Hall–Kier alpha value is -1.51. The summed E-state index contributed by atoms with van der Waals surface area (Å²) >= 11 is 6.81. The number of thiophene rings is 1. The zero-order valence-electron chi connectivity index (χ0n) is 12.5. The van der Waals surface area contributed by atoms with Gasteiger partial charge in [-0.25, -0.2) is 0 Å². The number of aromatic nitrogens is 2. The van der Waals surface area contributed by atoms with Gasteiger partial charge in [0.2, 0.25) is 0 Å². The lowest BCUT2D eigenvalue weighted by Crippen LogP contribution is -2.29. The first-order chi connectivity index (χ1) is 10.5. The maximum absolute atomic E-state index is 12.8. The standard InChI is InChI=1S/C14H17N3O3S2/c1-3-20-10(18)7-17-13(19)11-8-4-5-16(2)6-9(8)22-12(11)15-14(17)21/h3-7H2,1-2H3,(H,15,21). The molecule has 1 N–H and O–H groups in total. The Morgan fingerprint density at radius 2 is 2.27 bits per heavy atom. The summed E-state index contributed by atoms with van der Waals surface area (Å²) in [5.74, 6) is -0.452. The maximum atomic E-state index is 12.8. The molecular formula is C14H17N3O3S2. The molecular weight excluding hydrogens is 322 g/mol. The van der Waals surface area contributed by atoms with Crippen LogP contribution in [0.2, 0.25) is 0 Å². The summed E-state index contributed by atoms with van der Waals surface area (Å²) < 4.78 is 6.47. The topological polar surface area (TPSA) is 67.3 Å². The fourth-order valence-electron chi connectivity index (χ4n) is 2.72. The Labute approximate surface area is 136 Å². The maximum Gasteiger partial charge on any atom is 0.326 e. The molecule has 0 unspecified atom stereocenters. The fourth-order valence-corrected chi connectivity index (χ4v) is 4.35. The van der Waals surface area contributed by atoms with Crippen molar-refractivity contribution in [1.29, 1.82) is 0 Å². The monoisotopic (exact) mass is 339 g/mol. The van der Waals surface area contributed by atoms with Crippen LogP contribution in [0.1, 0.15) is 17.4 Å². The largest absolute Gasteiger partial charge is 0.465 e. The first-order valence-electron chi connectivity index (χ1n) is 7.12. The van der Waals surface area contributed by atoms with E-state index >= 15 is 0 Å². The Morgan fingerprint density at radius 1 is 1.50 bits per heavy atom. The van der Waals surface area contributed by atoms with E-state index in [-0.39, 0.29) is 23.5 Å². The molecule has 0 bridgehead atoms. The lowest BCUT2D eigenvalue weighted by molar-refractivity contribution is -0.143. The molecule has 22 heavy (non-hydrogen) atoms. The molecule has 1 aliphatic rings. The van der Waals surface area contributed by atoms with Crippen LogP contribution in [0.25, 0.3) is 10.2 Å². The normalized spacial score (nSPS) is 15.0. The van der Waals surface area contributed by atoms with E-state index in [9.17, 15) is 9.59 Å². The molecule has 0 aliphatic carbocycles. The lowest BCUT2D eigenvalue weighted by atomic mass is 10.1. The number of nitrogens with zero attached hydrogens (tertiary/aromatic N) is 2. The minimum absolute atomic E-state index is 0.150. The molecule has 0 saturated carbocycles. The van der Waals surface area contributed by atoms with Crippen molar-refractivity contribution in [3.8, 4) is 0 Å². The Bertz CT molecular complexity index is 849. The van der Waals surface area contributed by atoms with Crippen molar-refractivity contribution < 1.29 is 9.53 Å². The number of fused-ring (bicyclic) bond motifs is 3. The molecule has 0 fully saturated rings. The first-order valence-corrected chi connectivity index (χ1v) is 8.35. The molecule has 0 aromatic carbocycles. The third kappa shape index (κ3) is 2.62. The van der Waals surface area contributed by atoms with Gasteiger partial charge in [0, 0.05) is 18.0 Å². The third-order valence-electron chi connectivity index (χ3n) is 3.76. The zero-order valence-corrected chi connectivity index (χ0v) is 14.1. The summed E-state index contributed by atoms with van der Waals surface area (Å²) in [5.41, 5.74) is 0.890. The van der Waals surface area contributed by atoms with Crippen LogP contribution in [0.3, 0.4) is 0 Å². The number of carbonyl (C=O) groups excluding carboxylic acids is 1. The second-order valence-corrected chi connectivity index (χ2v) is 6.81. The molecule has 3 rings (SSSR count). The van der Waals surface area contributed by atoms with Crippen LogP contribution in [0.5, 0.6) is 0 Å². The van der Waals surface area contributed by atoms with Gasteiger partial charge >= 0.3 is 5.97 Å². The van der Waals surface area contributed by atoms with Crippen LogP contribution in [0.4, 0.5) is 0 Å². The highest BCUT2D eigenvalue weighted by Crippen LogP contribution is 2.31. The molecule has 2 aromatic rings. The predicted octanol–water partition coefficient (Wildman–Crippen LogP) is 1.67. The van der Waals surface area contributed by atoms with Crippen LogP contribution in [-0.2, 0) is 29.0 Å². The number of hydrogen-bond acceptors (Lipinski definition) is 6. The highest BCUT2D eigenvalue weighted by atomic mass is 32.1. The summed E-state index contributed by atoms with van der Waals surface area (Å²) in [6.45, 7) is 3.63. The summed E-state index contributed by atoms with van der Waals surface area (Å²) in [6.07, 6.45) is 0.838. The fraction of sp³-hybridized carbons (Fsp3) is 0.500. The van der Waals surface area contributed by atoms with Crippen LogP contribution in [0.15, 0.2) is 4.79 Å². The van der Waals surface area contributed by atoms with E-state index in [1.807, 2.05) is 0 Å². The molecule has 2 aromatic heterocycles. The molecule has 0 radical (unpaired) electrons. The number of aromatic amines is 1. The first kappa shape index (κ1) is 15.4. The molecule has 8 heteroatoms. The van der Waals surface area contributed by atoms with Crippen LogP contribution in [-0.4, -0.2) is 40.6 Å². The summed E-state index contributed by atoms with van der Waals surface area (Å²) in [6, 6.07) is 0. The van der Waals surface area contributed by atoms with E-state index in [1.54, 1.807) is 18.3 Å². The highest BCUT2D eigenvalue weighted by molar-refractivity contribution is 7.71.